The third kappa shape index (κ3) is 4.84. The molecular weight excluding hydrogens is 330 g/mol. The molecule has 2 N–H and O–H groups in total. The van der Waals surface area contributed by atoms with Gasteiger partial charge in [0, 0.05) is 37.7 Å². The van der Waals surface area contributed by atoms with Crippen molar-refractivity contribution in [3.05, 3.63) is 30.3 Å². The van der Waals surface area contributed by atoms with E-state index in [2.05, 4.69) is 10.6 Å². The smallest absolute Gasteiger partial charge is 0.227 e. The predicted octanol–water partition coefficient (Wildman–Crippen LogP) is 1.99. The van der Waals surface area contributed by atoms with E-state index in [1.54, 1.807) is 4.90 Å². The molecule has 1 aliphatic heterocycles. The van der Waals surface area contributed by atoms with Crippen LogP contribution in [0.5, 0.6) is 0 Å². The Hall–Kier alpha value is -2.37. The zero-order chi connectivity index (χ0) is 18.4. The zero-order valence-corrected chi connectivity index (χ0v) is 15.1. The molecule has 1 unspecified atom stereocenters. The number of anilines is 1. The van der Waals surface area contributed by atoms with Gasteiger partial charge in [0.2, 0.25) is 17.7 Å². The van der Waals surface area contributed by atoms with Gasteiger partial charge < -0.3 is 15.5 Å². The summed E-state index contributed by atoms with van der Waals surface area (Å²) >= 11 is 0. The van der Waals surface area contributed by atoms with Crippen LogP contribution in [-0.2, 0) is 14.4 Å². The summed E-state index contributed by atoms with van der Waals surface area (Å²) in [7, 11) is 0. The van der Waals surface area contributed by atoms with E-state index in [1.165, 1.54) is 19.3 Å². The van der Waals surface area contributed by atoms with Gasteiger partial charge >= 0.3 is 0 Å². The maximum absolute atomic E-state index is 12.3. The van der Waals surface area contributed by atoms with Gasteiger partial charge in [-0.25, -0.2) is 0 Å². The first-order valence-corrected chi connectivity index (χ1v) is 9.56. The van der Waals surface area contributed by atoms with Crippen LogP contribution in [-0.4, -0.2) is 36.9 Å². The second kappa shape index (κ2) is 8.83. The number of nitrogens with zero attached hydrogens (tertiary/aromatic N) is 1. The number of hydrogen-bond acceptors (Lipinski definition) is 3. The minimum absolute atomic E-state index is 0.00869. The first kappa shape index (κ1) is 18.4. The molecule has 1 atom stereocenters. The van der Waals surface area contributed by atoms with E-state index in [9.17, 15) is 14.4 Å². The molecule has 6 nitrogen and oxygen atoms in total. The standard InChI is InChI=1S/C20H27N3O3/c24-18(22-16-7-3-1-4-8-16)11-12-21-20(26)15-13-19(25)23(14-15)17-9-5-2-6-10-17/h2,5-6,9-10,15-16H,1,3-4,7-8,11-14H2,(H,21,26)(H,22,24). The lowest BCUT2D eigenvalue weighted by Crippen LogP contribution is -2.39. The predicted molar refractivity (Wildman–Crippen MR) is 99.5 cm³/mol. The molecule has 140 valence electrons. The maximum Gasteiger partial charge on any atom is 0.227 e. The molecule has 0 radical (unpaired) electrons. The summed E-state index contributed by atoms with van der Waals surface area (Å²) < 4.78 is 0. The fraction of sp³-hybridized carbons (Fsp3) is 0.550. The normalized spacial score (nSPS) is 20.8. The van der Waals surface area contributed by atoms with Crippen LogP contribution in [0.1, 0.15) is 44.9 Å². The van der Waals surface area contributed by atoms with Gasteiger partial charge in [-0.05, 0) is 25.0 Å². The van der Waals surface area contributed by atoms with Gasteiger partial charge in [-0.2, -0.15) is 0 Å². The van der Waals surface area contributed by atoms with Crippen LogP contribution in [0.25, 0.3) is 0 Å². The zero-order valence-electron chi connectivity index (χ0n) is 15.1. The van der Waals surface area contributed by atoms with Crippen molar-refractivity contribution in [2.24, 2.45) is 5.92 Å². The molecule has 2 fully saturated rings. The van der Waals surface area contributed by atoms with Crippen molar-refractivity contribution in [2.45, 2.75) is 51.0 Å². The highest BCUT2D eigenvalue weighted by Gasteiger charge is 2.34. The Morgan fingerprint density at radius 2 is 1.81 bits per heavy atom. The van der Waals surface area contributed by atoms with Crippen molar-refractivity contribution in [2.75, 3.05) is 18.0 Å². The van der Waals surface area contributed by atoms with Gasteiger partial charge in [0.1, 0.15) is 0 Å². The Morgan fingerprint density at radius 1 is 1.08 bits per heavy atom. The van der Waals surface area contributed by atoms with Crippen LogP contribution in [0.15, 0.2) is 30.3 Å². The molecule has 0 aromatic heterocycles. The summed E-state index contributed by atoms with van der Waals surface area (Å²) in [5.74, 6) is -0.552. The van der Waals surface area contributed by atoms with Gasteiger partial charge in [0.25, 0.3) is 0 Å². The highest BCUT2D eigenvalue weighted by atomic mass is 16.2. The van der Waals surface area contributed by atoms with E-state index in [0.29, 0.717) is 19.1 Å². The molecule has 1 heterocycles. The van der Waals surface area contributed by atoms with E-state index < -0.39 is 0 Å². The largest absolute Gasteiger partial charge is 0.355 e. The van der Waals surface area contributed by atoms with E-state index in [4.69, 9.17) is 0 Å². The molecule has 1 saturated heterocycles. The van der Waals surface area contributed by atoms with Crippen LogP contribution in [0, 0.1) is 5.92 Å². The Balaban J connectivity index is 1.40. The second-order valence-corrected chi connectivity index (χ2v) is 7.18. The fourth-order valence-electron chi connectivity index (χ4n) is 3.73. The lowest BCUT2D eigenvalue weighted by atomic mass is 9.95. The first-order valence-electron chi connectivity index (χ1n) is 9.56. The van der Waals surface area contributed by atoms with E-state index in [-0.39, 0.29) is 36.5 Å². The Labute approximate surface area is 154 Å². The monoisotopic (exact) mass is 357 g/mol. The van der Waals surface area contributed by atoms with Crippen LogP contribution < -0.4 is 15.5 Å². The second-order valence-electron chi connectivity index (χ2n) is 7.18. The number of nitrogens with one attached hydrogen (secondary N) is 2. The third-order valence-corrected chi connectivity index (χ3v) is 5.19. The van der Waals surface area contributed by atoms with Crippen LogP contribution in [0.3, 0.4) is 0 Å². The number of rotatable bonds is 6. The highest BCUT2D eigenvalue weighted by molar-refractivity contribution is 6.00. The van der Waals surface area contributed by atoms with Crippen molar-refractivity contribution in [1.82, 2.24) is 10.6 Å². The number of amides is 3. The summed E-state index contributed by atoms with van der Waals surface area (Å²) in [5, 5.41) is 5.85. The molecule has 0 bridgehead atoms. The van der Waals surface area contributed by atoms with Crippen LogP contribution in [0.4, 0.5) is 5.69 Å². The molecule has 26 heavy (non-hydrogen) atoms. The third-order valence-electron chi connectivity index (χ3n) is 5.19. The summed E-state index contributed by atoms with van der Waals surface area (Å²) in [6.45, 7) is 0.705. The Kier molecular flexibility index (Phi) is 6.26. The lowest BCUT2D eigenvalue weighted by molar-refractivity contribution is -0.126. The van der Waals surface area contributed by atoms with Gasteiger partial charge in [-0.15, -0.1) is 0 Å². The molecule has 0 spiro atoms. The van der Waals surface area contributed by atoms with Crippen molar-refractivity contribution in [3.8, 4) is 0 Å². The summed E-state index contributed by atoms with van der Waals surface area (Å²) in [5.41, 5.74) is 0.819. The molecule has 1 saturated carbocycles. The minimum atomic E-state index is -0.357. The summed E-state index contributed by atoms with van der Waals surface area (Å²) in [4.78, 5) is 38.1. The topological polar surface area (TPSA) is 78.5 Å². The maximum atomic E-state index is 12.3. The SMILES string of the molecule is O=C(CCNC(=O)C1CC(=O)N(c2ccccc2)C1)NC1CCCCC1. The molecule has 1 aromatic rings. The number of hydrogen-bond donors (Lipinski definition) is 2. The molecule has 2 aliphatic rings. The molecule has 3 rings (SSSR count). The highest BCUT2D eigenvalue weighted by Crippen LogP contribution is 2.24. The summed E-state index contributed by atoms with van der Waals surface area (Å²) in [6.07, 6.45) is 6.21. The van der Waals surface area contributed by atoms with E-state index in [1.807, 2.05) is 30.3 Å². The molecular formula is C20H27N3O3. The van der Waals surface area contributed by atoms with E-state index >= 15 is 0 Å². The molecule has 6 heteroatoms. The quantitative estimate of drug-likeness (QED) is 0.817. The summed E-state index contributed by atoms with van der Waals surface area (Å²) in [6, 6.07) is 9.68. The van der Waals surface area contributed by atoms with Gasteiger partial charge in [0.15, 0.2) is 0 Å². The van der Waals surface area contributed by atoms with Crippen LogP contribution in [0.2, 0.25) is 0 Å². The first-order chi connectivity index (χ1) is 12.6. The van der Waals surface area contributed by atoms with Crippen LogP contribution >= 0.6 is 0 Å². The van der Waals surface area contributed by atoms with Crippen molar-refractivity contribution < 1.29 is 14.4 Å². The van der Waals surface area contributed by atoms with Gasteiger partial charge in [-0.3, -0.25) is 14.4 Å². The Morgan fingerprint density at radius 3 is 2.54 bits per heavy atom. The number of carbonyl (C=O) groups is 3. The molecule has 3 amide bonds. The van der Waals surface area contributed by atoms with Gasteiger partial charge in [-0.1, -0.05) is 37.5 Å². The van der Waals surface area contributed by atoms with Crippen molar-refractivity contribution in [1.29, 1.82) is 0 Å². The lowest BCUT2D eigenvalue weighted by Gasteiger charge is -2.22. The molecule has 1 aromatic carbocycles. The number of benzene rings is 1. The number of carbonyl (C=O) groups excluding carboxylic acids is 3. The average molecular weight is 357 g/mol. The van der Waals surface area contributed by atoms with Crippen molar-refractivity contribution >= 4 is 23.4 Å². The van der Waals surface area contributed by atoms with Gasteiger partial charge in [0.05, 0.1) is 5.92 Å². The fourth-order valence-corrected chi connectivity index (χ4v) is 3.73. The van der Waals surface area contributed by atoms with E-state index in [0.717, 1.165) is 18.5 Å². The number of para-hydroxylation sites is 1. The average Bonchev–Trinajstić information content (AvgIpc) is 3.05. The van der Waals surface area contributed by atoms with Crippen molar-refractivity contribution in [3.63, 3.8) is 0 Å². The molecule has 1 aliphatic carbocycles. The Bertz CT molecular complexity index is 641. The minimum Gasteiger partial charge on any atom is -0.355 e.